The number of nitrogens with zero attached hydrogens (tertiary/aromatic N) is 1. The van der Waals surface area contributed by atoms with E-state index in [1.807, 2.05) is 60.0 Å². The Kier molecular flexibility index (Phi) is 6.60. The number of aliphatic hydroxyl groups is 1. The van der Waals surface area contributed by atoms with Crippen molar-refractivity contribution in [3.05, 3.63) is 100 Å². The second-order valence-corrected chi connectivity index (χ2v) is 9.38. The van der Waals surface area contributed by atoms with E-state index in [4.69, 9.17) is 4.74 Å². The summed E-state index contributed by atoms with van der Waals surface area (Å²) >= 11 is 0. The highest BCUT2D eigenvalue weighted by atomic mass is 16.5. The first-order valence-corrected chi connectivity index (χ1v) is 12.3. The van der Waals surface area contributed by atoms with Gasteiger partial charge in [0.2, 0.25) is 0 Å². The van der Waals surface area contributed by atoms with E-state index in [0.29, 0.717) is 6.61 Å². The minimum absolute atomic E-state index is 0.0469. The maximum Gasteiger partial charge on any atom is 0.307 e. The van der Waals surface area contributed by atoms with Crippen molar-refractivity contribution in [2.45, 2.75) is 51.7 Å². The van der Waals surface area contributed by atoms with E-state index in [9.17, 15) is 15.0 Å². The SMILES string of the molecule is Cc1cc2c(CC(=O)O)cccc2n1C(O)c1ccc(OCCc2cccc3c2CCCC3)cc1. The fourth-order valence-corrected chi connectivity index (χ4v) is 5.35. The molecule has 5 nitrogen and oxygen atoms in total. The number of hydrogen-bond donors (Lipinski definition) is 2. The minimum atomic E-state index is -0.877. The summed E-state index contributed by atoms with van der Waals surface area (Å²) in [4.78, 5) is 11.2. The summed E-state index contributed by atoms with van der Waals surface area (Å²) in [6.45, 7) is 2.54. The van der Waals surface area contributed by atoms with Crippen molar-refractivity contribution in [2.75, 3.05) is 6.61 Å². The van der Waals surface area contributed by atoms with Crippen LogP contribution >= 0.6 is 0 Å². The number of fused-ring (bicyclic) bond motifs is 2. The molecule has 3 aromatic carbocycles. The highest BCUT2D eigenvalue weighted by molar-refractivity contribution is 5.88. The molecule has 1 heterocycles. The van der Waals surface area contributed by atoms with Crippen LogP contribution in [0.1, 0.15) is 52.6 Å². The van der Waals surface area contributed by atoms with Crippen molar-refractivity contribution < 1.29 is 19.7 Å². The molecule has 0 radical (unpaired) electrons. The number of rotatable bonds is 8. The van der Waals surface area contributed by atoms with E-state index in [2.05, 4.69) is 18.2 Å². The van der Waals surface area contributed by atoms with Crippen LogP contribution in [0.4, 0.5) is 0 Å². The Morgan fingerprint density at radius 2 is 1.74 bits per heavy atom. The molecule has 180 valence electrons. The lowest BCUT2D eigenvalue weighted by atomic mass is 9.87. The van der Waals surface area contributed by atoms with Crippen LogP contribution < -0.4 is 4.74 Å². The second-order valence-electron chi connectivity index (χ2n) is 9.38. The Morgan fingerprint density at radius 3 is 2.54 bits per heavy atom. The molecule has 0 bridgehead atoms. The summed E-state index contributed by atoms with van der Waals surface area (Å²) in [7, 11) is 0. The van der Waals surface area contributed by atoms with E-state index in [1.165, 1.54) is 42.4 Å². The van der Waals surface area contributed by atoms with Gasteiger partial charge in [0, 0.05) is 23.1 Å². The first-order valence-electron chi connectivity index (χ1n) is 12.3. The number of aryl methyl sites for hydroxylation is 2. The van der Waals surface area contributed by atoms with Gasteiger partial charge in [-0.25, -0.2) is 0 Å². The van der Waals surface area contributed by atoms with Gasteiger partial charge in [0.15, 0.2) is 6.23 Å². The Hall–Kier alpha value is -3.57. The first kappa shape index (κ1) is 23.2. The largest absolute Gasteiger partial charge is 0.493 e. The monoisotopic (exact) mass is 469 g/mol. The van der Waals surface area contributed by atoms with Gasteiger partial charge in [-0.05, 0) is 79.1 Å². The van der Waals surface area contributed by atoms with Crippen LogP contribution in [0.25, 0.3) is 10.9 Å². The van der Waals surface area contributed by atoms with Gasteiger partial charge in [0.1, 0.15) is 5.75 Å². The van der Waals surface area contributed by atoms with Gasteiger partial charge >= 0.3 is 5.97 Å². The number of aromatic nitrogens is 1. The topological polar surface area (TPSA) is 71.7 Å². The highest BCUT2D eigenvalue weighted by Gasteiger charge is 2.18. The zero-order valence-corrected chi connectivity index (χ0v) is 20.0. The molecule has 4 aromatic rings. The van der Waals surface area contributed by atoms with Gasteiger partial charge in [-0.2, -0.15) is 0 Å². The standard InChI is InChI=1S/C30H31NO4/c1-20-18-27-24(19-29(32)33)9-5-11-28(27)31(20)30(34)23-12-14-25(15-13-23)35-17-16-22-8-4-7-21-6-2-3-10-26(21)22/h4-5,7-9,11-15,18,30,34H,2-3,6,10,16-17,19H2,1H3,(H,32,33). The van der Waals surface area contributed by atoms with Gasteiger partial charge in [-0.15, -0.1) is 0 Å². The van der Waals surface area contributed by atoms with E-state index in [0.717, 1.165) is 39.9 Å². The Bertz CT molecular complexity index is 1350. The number of carboxylic acids is 1. The first-order chi connectivity index (χ1) is 17.0. The van der Waals surface area contributed by atoms with E-state index in [1.54, 1.807) is 0 Å². The van der Waals surface area contributed by atoms with E-state index >= 15 is 0 Å². The number of hydrogen-bond acceptors (Lipinski definition) is 3. The summed E-state index contributed by atoms with van der Waals surface area (Å²) in [5, 5.41) is 21.2. The van der Waals surface area contributed by atoms with Crippen molar-refractivity contribution in [1.29, 1.82) is 0 Å². The smallest absolute Gasteiger partial charge is 0.307 e. The molecule has 5 rings (SSSR count). The lowest BCUT2D eigenvalue weighted by Crippen LogP contribution is -2.11. The van der Waals surface area contributed by atoms with Gasteiger partial charge in [-0.1, -0.05) is 42.5 Å². The minimum Gasteiger partial charge on any atom is -0.493 e. The predicted molar refractivity (Wildman–Crippen MR) is 137 cm³/mol. The van der Waals surface area contributed by atoms with E-state index < -0.39 is 12.2 Å². The fourth-order valence-electron chi connectivity index (χ4n) is 5.35. The van der Waals surface area contributed by atoms with Gasteiger partial charge < -0.3 is 19.5 Å². The van der Waals surface area contributed by atoms with Crippen LogP contribution in [0.3, 0.4) is 0 Å². The molecule has 0 amide bonds. The molecule has 0 saturated carbocycles. The number of carbonyl (C=O) groups is 1. The molecule has 1 aliphatic rings. The molecular weight excluding hydrogens is 438 g/mol. The van der Waals surface area contributed by atoms with Crippen LogP contribution in [0.15, 0.2) is 66.7 Å². The highest BCUT2D eigenvalue weighted by Crippen LogP contribution is 2.30. The van der Waals surface area contributed by atoms with Gasteiger partial charge in [-0.3, -0.25) is 4.79 Å². The molecule has 5 heteroatoms. The molecule has 0 fully saturated rings. The van der Waals surface area contributed by atoms with Crippen LogP contribution in [-0.4, -0.2) is 27.4 Å². The zero-order valence-electron chi connectivity index (χ0n) is 20.0. The third kappa shape index (κ3) is 4.82. The van der Waals surface area contributed by atoms with Crippen molar-refractivity contribution in [3.8, 4) is 5.75 Å². The predicted octanol–water partition coefficient (Wildman–Crippen LogP) is 5.62. The molecule has 0 saturated heterocycles. The average molecular weight is 470 g/mol. The maximum absolute atomic E-state index is 11.2. The molecule has 0 aliphatic heterocycles. The second kappa shape index (κ2) is 9.96. The van der Waals surface area contributed by atoms with Gasteiger partial charge in [0.25, 0.3) is 0 Å². The summed E-state index contributed by atoms with van der Waals surface area (Å²) in [6.07, 6.45) is 4.88. The van der Waals surface area contributed by atoms with E-state index in [-0.39, 0.29) is 6.42 Å². The third-order valence-electron chi connectivity index (χ3n) is 7.06. The van der Waals surface area contributed by atoms with Crippen molar-refractivity contribution >= 4 is 16.9 Å². The molecule has 1 aromatic heterocycles. The normalized spacial score (nSPS) is 14.0. The Labute approximate surface area is 205 Å². The summed E-state index contributed by atoms with van der Waals surface area (Å²) in [5.41, 5.74) is 7.59. The van der Waals surface area contributed by atoms with Crippen molar-refractivity contribution in [1.82, 2.24) is 4.57 Å². The Morgan fingerprint density at radius 1 is 1.00 bits per heavy atom. The summed E-state index contributed by atoms with van der Waals surface area (Å²) in [5.74, 6) is -0.0882. The molecule has 2 N–H and O–H groups in total. The Balaban J connectivity index is 1.28. The molecule has 0 spiro atoms. The average Bonchev–Trinajstić information content (AvgIpc) is 3.20. The number of carboxylic acid groups (broad SMARTS) is 1. The quantitative estimate of drug-likeness (QED) is 0.352. The molecule has 35 heavy (non-hydrogen) atoms. The summed E-state index contributed by atoms with van der Waals surface area (Å²) < 4.78 is 7.87. The molecular formula is C30H31NO4. The van der Waals surface area contributed by atoms with Crippen LogP contribution in [0.5, 0.6) is 5.75 Å². The number of aliphatic hydroxyl groups excluding tert-OH is 1. The third-order valence-corrected chi connectivity index (χ3v) is 7.06. The van der Waals surface area contributed by atoms with Gasteiger partial charge in [0.05, 0.1) is 18.5 Å². The van der Waals surface area contributed by atoms with Crippen molar-refractivity contribution in [3.63, 3.8) is 0 Å². The van der Waals surface area contributed by atoms with Crippen molar-refractivity contribution in [2.24, 2.45) is 0 Å². The van der Waals surface area contributed by atoms with Crippen LogP contribution in [0.2, 0.25) is 0 Å². The molecule has 1 atom stereocenters. The molecule has 1 aliphatic carbocycles. The number of aliphatic carboxylic acids is 1. The lowest BCUT2D eigenvalue weighted by Gasteiger charge is -2.19. The van der Waals surface area contributed by atoms with Crippen LogP contribution in [0, 0.1) is 6.92 Å². The van der Waals surface area contributed by atoms with Crippen LogP contribution in [-0.2, 0) is 30.5 Å². The zero-order chi connectivity index (χ0) is 24.4. The number of benzene rings is 3. The lowest BCUT2D eigenvalue weighted by molar-refractivity contribution is -0.136. The maximum atomic E-state index is 11.2. The fraction of sp³-hybridized carbons (Fsp3) is 0.300. The number of ether oxygens (including phenoxy) is 1. The summed E-state index contributed by atoms with van der Waals surface area (Å²) in [6, 6.07) is 21.7. The molecule has 1 unspecified atom stereocenters.